The van der Waals surface area contributed by atoms with Gasteiger partial charge in [0.2, 0.25) is 11.7 Å². The molecule has 7 atom stereocenters. The first-order valence-corrected chi connectivity index (χ1v) is 16.6. The molecule has 3 unspecified atom stereocenters. The summed E-state index contributed by atoms with van der Waals surface area (Å²) in [5, 5.41) is 2.89. The van der Waals surface area contributed by atoms with E-state index in [-0.39, 0.29) is 49.0 Å². The molecule has 1 heterocycles. The maximum atomic E-state index is 14.2. The summed E-state index contributed by atoms with van der Waals surface area (Å²) in [6.45, 7) is 7.84. The van der Waals surface area contributed by atoms with Gasteiger partial charge in [0.15, 0.2) is 11.6 Å². The van der Waals surface area contributed by atoms with E-state index < -0.39 is 45.9 Å². The molecule has 0 aromatic heterocycles. The van der Waals surface area contributed by atoms with Crippen LogP contribution in [0, 0.1) is 29.6 Å². The van der Waals surface area contributed by atoms with Crippen molar-refractivity contribution in [3.63, 3.8) is 0 Å². The lowest BCUT2D eigenvalue weighted by Gasteiger charge is -2.36. The lowest BCUT2D eigenvalue weighted by Crippen LogP contribution is -2.57. The van der Waals surface area contributed by atoms with Gasteiger partial charge in [-0.1, -0.05) is 45.6 Å². The fraction of sp³-hybridized carbons (Fsp3) is 0.781. The second-order valence-corrected chi connectivity index (χ2v) is 14.4. The second-order valence-electron chi connectivity index (χ2n) is 13.0. The Bertz CT molecular complexity index is 1060. The van der Waals surface area contributed by atoms with Crippen LogP contribution in [-0.4, -0.2) is 63.3 Å². The van der Waals surface area contributed by atoms with E-state index >= 15 is 0 Å². The third kappa shape index (κ3) is 7.40. The van der Waals surface area contributed by atoms with Gasteiger partial charge in [-0.3, -0.25) is 19.2 Å². The summed E-state index contributed by atoms with van der Waals surface area (Å²) in [4.78, 5) is 68.2. The van der Waals surface area contributed by atoms with Crippen LogP contribution in [0.3, 0.4) is 0 Å². The van der Waals surface area contributed by atoms with Crippen LogP contribution in [0.4, 0.5) is 4.79 Å². The number of likely N-dealkylation sites (tertiary alicyclic amines) is 1. The first-order chi connectivity index (χ1) is 20.0. The van der Waals surface area contributed by atoms with Gasteiger partial charge in [0, 0.05) is 37.1 Å². The maximum Gasteiger partial charge on any atom is 0.408 e. The summed E-state index contributed by atoms with van der Waals surface area (Å²) in [7, 11) is 0. The number of carbonyl (C=O) groups is 5. The molecular weight excluding hydrogens is 579 g/mol. The van der Waals surface area contributed by atoms with Crippen molar-refractivity contribution in [2.45, 2.75) is 120 Å². The Labute approximate surface area is 259 Å². The van der Waals surface area contributed by atoms with Crippen LogP contribution in [0.1, 0.15) is 97.3 Å². The summed E-state index contributed by atoms with van der Waals surface area (Å²) >= 11 is 13.1. The van der Waals surface area contributed by atoms with E-state index in [1.54, 1.807) is 6.08 Å². The summed E-state index contributed by atoms with van der Waals surface area (Å²) in [6.07, 6.45) is 9.37. The predicted molar refractivity (Wildman–Crippen MR) is 161 cm³/mol. The van der Waals surface area contributed by atoms with E-state index in [4.69, 9.17) is 27.9 Å². The van der Waals surface area contributed by atoms with E-state index in [1.807, 2.05) is 6.92 Å². The van der Waals surface area contributed by atoms with Gasteiger partial charge in [-0.05, 0) is 56.8 Å². The van der Waals surface area contributed by atoms with E-state index in [0.29, 0.717) is 25.2 Å². The summed E-state index contributed by atoms with van der Waals surface area (Å²) in [6, 6.07) is -1.73. The highest BCUT2D eigenvalue weighted by Gasteiger charge is 2.73. The van der Waals surface area contributed by atoms with Crippen molar-refractivity contribution in [1.29, 1.82) is 0 Å². The number of hydrogen-bond donors (Lipinski definition) is 1. The monoisotopic (exact) mass is 624 g/mol. The number of ketones is 3. The Morgan fingerprint density at radius 3 is 2.43 bits per heavy atom. The van der Waals surface area contributed by atoms with E-state index in [9.17, 15) is 24.0 Å². The number of Topliss-reactive ketones (excluding diaryl/α,β-unsaturated/α-hetero) is 3. The molecule has 0 spiro atoms. The highest BCUT2D eigenvalue weighted by molar-refractivity contribution is 6.51. The van der Waals surface area contributed by atoms with Gasteiger partial charge in [-0.25, -0.2) is 4.79 Å². The standard InChI is InChI=1S/C32H46Cl2N2O6/c1-4-6-13-24(37)29(39)21(10-5-2)17-25(38)28-26-23(32(26,33)34)18-36(28)30(40)27(20-11-8-7-9-12-20)35-31(41)42-22-15-14-19(3)16-22/h4,19-23,26-28H,1,5-18H2,2-3H3,(H,35,41)/t19?,21?,22?,23-,26-,27-,28+/m0/s1. The molecular formula is C32H46Cl2N2O6. The first-order valence-electron chi connectivity index (χ1n) is 15.9. The lowest BCUT2D eigenvalue weighted by atomic mass is 9.83. The summed E-state index contributed by atoms with van der Waals surface area (Å²) < 4.78 is 4.57. The second kappa shape index (κ2) is 14.2. The van der Waals surface area contributed by atoms with Crippen molar-refractivity contribution in [1.82, 2.24) is 10.2 Å². The molecule has 2 amide bonds. The van der Waals surface area contributed by atoms with E-state index in [2.05, 4.69) is 18.8 Å². The van der Waals surface area contributed by atoms with Crippen LogP contribution >= 0.6 is 23.2 Å². The zero-order valence-corrected chi connectivity index (χ0v) is 26.5. The van der Waals surface area contributed by atoms with Crippen molar-refractivity contribution in [2.24, 2.45) is 29.6 Å². The molecule has 0 aromatic carbocycles. The molecule has 4 rings (SSSR count). The summed E-state index contributed by atoms with van der Waals surface area (Å²) in [5.41, 5.74) is 0. The van der Waals surface area contributed by atoms with Crippen molar-refractivity contribution in [3.8, 4) is 0 Å². The number of alkyl carbamates (subject to hydrolysis) is 1. The smallest absolute Gasteiger partial charge is 0.408 e. The van der Waals surface area contributed by atoms with Crippen LogP contribution in [0.2, 0.25) is 0 Å². The minimum atomic E-state index is -1.13. The molecule has 0 bridgehead atoms. The van der Waals surface area contributed by atoms with Gasteiger partial charge in [-0.2, -0.15) is 0 Å². The van der Waals surface area contributed by atoms with Gasteiger partial charge < -0.3 is 15.0 Å². The number of halogens is 2. The quantitative estimate of drug-likeness (QED) is 0.145. The van der Waals surface area contributed by atoms with Crippen molar-refractivity contribution in [2.75, 3.05) is 6.54 Å². The van der Waals surface area contributed by atoms with Crippen LogP contribution in [0.25, 0.3) is 0 Å². The van der Waals surface area contributed by atoms with Gasteiger partial charge in [0.05, 0.1) is 6.04 Å². The van der Waals surface area contributed by atoms with Gasteiger partial charge >= 0.3 is 6.09 Å². The van der Waals surface area contributed by atoms with Gasteiger partial charge in [0.25, 0.3) is 0 Å². The number of hydrogen-bond acceptors (Lipinski definition) is 6. The number of carbonyl (C=O) groups excluding carboxylic acids is 5. The number of ether oxygens (including phenoxy) is 1. The van der Waals surface area contributed by atoms with Crippen molar-refractivity contribution in [3.05, 3.63) is 12.7 Å². The van der Waals surface area contributed by atoms with Crippen LogP contribution in [-0.2, 0) is 23.9 Å². The normalized spacial score (nSPS) is 29.7. The molecule has 1 saturated heterocycles. The van der Waals surface area contributed by atoms with Crippen LogP contribution in [0.15, 0.2) is 12.7 Å². The molecule has 3 saturated carbocycles. The number of amides is 2. The number of piperidine rings is 1. The number of fused-ring (bicyclic) bond motifs is 1. The van der Waals surface area contributed by atoms with Crippen molar-refractivity contribution < 1.29 is 28.7 Å². The molecule has 4 fully saturated rings. The third-order valence-corrected chi connectivity index (χ3v) is 10.9. The zero-order valence-electron chi connectivity index (χ0n) is 25.0. The minimum absolute atomic E-state index is 0.0621. The molecule has 3 aliphatic carbocycles. The Kier molecular flexibility index (Phi) is 11.2. The molecule has 234 valence electrons. The summed E-state index contributed by atoms with van der Waals surface area (Å²) in [5.74, 6) is -2.75. The average molecular weight is 626 g/mol. The predicted octanol–water partition coefficient (Wildman–Crippen LogP) is 5.96. The number of allylic oxidation sites excluding steroid dienone is 1. The largest absolute Gasteiger partial charge is 0.446 e. The lowest BCUT2D eigenvalue weighted by molar-refractivity contribution is -0.143. The van der Waals surface area contributed by atoms with Gasteiger partial charge in [0.1, 0.15) is 16.5 Å². The zero-order chi connectivity index (χ0) is 30.6. The Morgan fingerprint density at radius 2 is 1.81 bits per heavy atom. The molecule has 42 heavy (non-hydrogen) atoms. The Balaban J connectivity index is 1.52. The SMILES string of the molecule is C=CCCC(=O)C(=O)C(CCC)CC(=O)[C@@H]1[C@@H]2[C@H](CN1C(=O)[C@@H](NC(=O)OC1CCC(C)C1)C1CCCCC1)C2(Cl)Cl. The number of rotatable bonds is 14. The highest BCUT2D eigenvalue weighted by atomic mass is 35.5. The molecule has 1 N–H and O–H groups in total. The number of nitrogens with one attached hydrogen (secondary N) is 1. The topological polar surface area (TPSA) is 110 Å². The Morgan fingerprint density at radius 1 is 1.10 bits per heavy atom. The molecule has 10 heteroatoms. The van der Waals surface area contributed by atoms with E-state index in [1.165, 1.54) is 4.90 Å². The molecule has 0 aromatic rings. The van der Waals surface area contributed by atoms with Gasteiger partial charge in [-0.15, -0.1) is 29.8 Å². The molecule has 8 nitrogen and oxygen atoms in total. The van der Waals surface area contributed by atoms with E-state index in [0.717, 1.165) is 51.4 Å². The molecule has 0 radical (unpaired) electrons. The Hall–Kier alpha value is -1.93. The highest BCUT2D eigenvalue weighted by Crippen LogP contribution is 2.65. The molecule has 1 aliphatic heterocycles. The fourth-order valence-corrected chi connectivity index (χ4v) is 8.25. The van der Waals surface area contributed by atoms with Crippen LogP contribution < -0.4 is 5.32 Å². The minimum Gasteiger partial charge on any atom is -0.446 e. The maximum absolute atomic E-state index is 14.2. The third-order valence-electron chi connectivity index (χ3n) is 9.83. The van der Waals surface area contributed by atoms with Crippen molar-refractivity contribution >= 4 is 52.6 Å². The molecule has 4 aliphatic rings. The first kappa shape index (κ1) is 33.0. The fourth-order valence-electron chi connectivity index (χ4n) is 7.43. The number of alkyl halides is 2. The number of nitrogens with zero attached hydrogens (tertiary/aromatic N) is 1. The van der Waals surface area contributed by atoms with Crippen LogP contribution in [0.5, 0.6) is 0 Å². The average Bonchev–Trinajstić information content (AvgIpc) is 3.30.